The van der Waals surface area contributed by atoms with Gasteiger partial charge in [-0.05, 0) is 41.0 Å². The summed E-state index contributed by atoms with van der Waals surface area (Å²) in [6.07, 6.45) is 1.90. The molecule has 0 radical (unpaired) electrons. The lowest BCUT2D eigenvalue weighted by molar-refractivity contribution is -0.120. The first-order valence-electron chi connectivity index (χ1n) is 8.27. The molecule has 0 bridgehead atoms. The molecule has 0 aromatic heterocycles. The molecular formula is C21H20N2O2. The van der Waals surface area contributed by atoms with Crippen LogP contribution in [0.5, 0.6) is 5.75 Å². The van der Waals surface area contributed by atoms with Crippen LogP contribution in [-0.2, 0) is 11.2 Å². The van der Waals surface area contributed by atoms with Crippen molar-refractivity contribution in [2.75, 3.05) is 6.61 Å². The standard InChI is InChI=1S/C21H20N2O2/c1-2-25-19-11-5-7-16(13-19)15-22-23-21(24)14-18-10-6-9-17-8-3-4-12-20(17)18/h3-13,15H,2,14H2,1H3,(H,23,24)/b22-15-. The number of hydrazone groups is 1. The molecule has 25 heavy (non-hydrogen) atoms. The Kier molecular flexibility index (Phi) is 5.42. The highest BCUT2D eigenvalue weighted by molar-refractivity contribution is 5.90. The third-order valence-corrected chi connectivity index (χ3v) is 3.80. The fraction of sp³-hybridized carbons (Fsp3) is 0.143. The zero-order chi connectivity index (χ0) is 17.5. The third kappa shape index (κ3) is 4.44. The Morgan fingerprint density at radius 3 is 2.76 bits per heavy atom. The number of amides is 1. The molecule has 3 rings (SSSR count). The van der Waals surface area contributed by atoms with Crippen LogP contribution < -0.4 is 10.2 Å². The van der Waals surface area contributed by atoms with Crippen molar-refractivity contribution < 1.29 is 9.53 Å². The first-order valence-corrected chi connectivity index (χ1v) is 8.27. The number of rotatable bonds is 6. The van der Waals surface area contributed by atoms with Gasteiger partial charge >= 0.3 is 0 Å². The van der Waals surface area contributed by atoms with Gasteiger partial charge in [0.05, 0.1) is 19.2 Å². The van der Waals surface area contributed by atoms with Crippen molar-refractivity contribution in [2.24, 2.45) is 5.10 Å². The van der Waals surface area contributed by atoms with E-state index in [1.54, 1.807) is 6.21 Å². The van der Waals surface area contributed by atoms with Gasteiger partial charge in [-0.25, -0.2) is 5.43 Å². The summed E-state index contributed by atoms with van der Waals surface area (Å²) in [5.41, 5.74) is 4.45. The van der Waals surface area contributed by atoms with Gasteiger partial charge in [-0.1, -0.05) is 54.6 Å². The van der Waals surface area contributed by atoms with Gasteiger partial charge in [0.25, 0.3) is 0 Å². The van der Waals surface area contributed by atoms with E-state index in [9.17, 15) is 4.79 Å². The van der Waals surface area contributed by atoms with Crippen molar-refractivity contribution >= 4 is 22.9 Å². The monoisotopic (exact) mass is 332 g/mol. The Morgan fingerprint density at radius 1 is 1.08 bits per heavy atom. The summed E-state index contributed by atoms with van der Waals surface area (Å²) < 4.78 is 5.44. The Balaban J connectivity index is 1.63. The molecule has 4 nitrogen and oxygen atoms in total. The Hall–Kier alpha value is -3.14. The molecule has 3 aromatic carbocycles. The second-order valence-corrected chi connectivity index (χ2v) is 5.61. The maximum Gasteiger partial charge on any atom is 0.244 e. The average Bonchev–Trinajstić information content (AvgIpc) is 2.63. The van der Waals surface area contributed by atoms with Crippen molar-refractivity contribution in [3.63, 3.8) is 0 Å². The van der Waals surface area contributed by atoms with Gasteiger partial charge in [0.1, 0.15) is 5.75 Å². The first kappa shape index (κ1) is 16.7. The summed E-state index contributed by atoms with van der Waals surface area (Å²) in [5, 5.41) is 6.26. The minimum absolute atomic E-state index is 0.145. The van der Waals surface area contributed by atoms with E-state index in [0.29, 0.717) is 6.61 Å². The van der Waals surface area contributed by atoms with E-state index in [0.717, 1.165) is 27.6 Å². The summed E-state index contributed by atoms with van der Waals surface area (Å²) in [6, 6.07) is 21.6. The number of nitrogens with zero attached hydrogens (tertiary/aromatic N) is 1. The molecular weight excluding hydrogens is 312 g/mol. The predicted octanol–water partition coefficient (Wildman–Crippen LogP) is 3.93. The number of carbonyl (C=O) groups is 1. The molecule has 0 atom stereocenters. The Bertz CT molecular complexity index is 898. The van der Waals surface area contributed by atoms with Crippen LogP contribution in [0, 0.1) is 0 Å². The molecule has 1 amide bonds. The smallest absolute Gasteiger partial charge is 0.244 e. The van der Waals surface area contributed by atoms with Gasteiger partial charge in [0, 0.05) is 0 Å². The molecule has 1 N–H and O–H groups in total. The molecule has 0 aliphatic carbocycles. The maximum absolute atomic E-state index is 12.2. The van der Waals surface area contributed by atoms with Crippen molar-refractivity contribution in [2.45, 2.75) is 13.3 Å². The van der Waals surface area contributed by atoms with Crippen molar-refractivity contribution in [3.05, 3.63) is 77.9 Å². The fourth-order valence-electron chi connectivity index (χ4n) is 2.69. The number of ether oxygens (including phenoxy) is 1. The lowest BCUT2D eigenvalue weighted by Crippen LogP contribution is -2.19. The second-order valence-electron chi connectivity index (χ2n) is 5.61. The highest BCUT2D eigenvalue weighted by atomic mass is 16.5. The first-order chi connectivity index (χ1) is 12.3. The van der Waals surface area contributed by atoms with Gasteiger partial charge in [-0.2, -0.15) is 5.10 Å². The van der Waals surface area contributed by atoms with Gasteiger partial charge in [0.15, 0.2) is 0 Å². The summed E-state index contributed by atoms with van der Waals surface area (Å²) in [4.78, 5) is 12.2. The fourth-order valence-corrected chi connectivity index (χ4v) is 2.69. The summed E-state index contributed by atoms with van der Waals surface area (Å²) >= 11 is 0. The molecule has 3 aromatic rings. The molecule has 0 saturated heterocycles. The molecule has 0 unspecified atom stereocenters. The summed E-state index contributed by atoms with van der Waals surface area (Å²) in [6.45, 7) is 2.55. The highest BCUT2D eigenvalue weighted by Crippen LogP contribution is 2.18. The number of nitrogens with one attached hydrogen (secondary N) is 1. The van der Waals surface area contributed by atoms with Crippen molar-refractivity contribution in [3.8, 4) is 5.75 Å². The van der Waals surface area contributed by atoms with Crippen LogP contribution >= 0.6 is 0 Å². The molecule has 0 heterocycles. The van der Waals surface area contributed by atoms with Crippen LogP contribution in [0.3, 0.4) is 0 Å². The molecule has 0 fully saturated rings. The van der Waals surface area contributed by atoms with E-state index >= 15 is 0 Å². The van der Waals surface area contributed by atoms with E-state index in [2.05, 4.69) is 10.5 Å². The van der Waals surface area contributed by atoms with E-state index in [1.807, 2.05) is 73.7 Å². The van der Waals surface area contributed by atoms with E-state index in [-0.39, 0.29) is 12.3 Å². The number of fused-ring (bicyclic) bond motifs is 1. The Morgan fingerprint density at radius 2 is 1.88 bits per heavy atom. The number of hydrogen-bond acceptors (Lipinski definition) is 3. The third-order valence-electron chi connectivity index (χ3n) is 3.80. The van der Waals surface area contributed by atoms with Gasteiger partial charge < -0.3 is 4.74 Å². The van der Waals surface area contributed by atoms with E-state index in [4.69, 9.17) is 4.74 Å². The van der Waals surface area contributed by atoms with Crippen LogP contribution in [0.2, 0.25) is 0 Å². The lowest BCUT2D eigenvalue weighted by atomic mass is 10.0. The zero-order valence-electron chi connectivity index (χ0n) is 14.1. The number of carbonyl (C=O) groups excluding carboxylic acids is 1. The minimum atomic E-state index is -0.145. The summed E-state index contributed by atoms with van der Waals surface area (Å²) in [5.74, 6) is 0.641. The minimum Gasteiger partial charge on any atom is -0.494 e. The maximum atomic E-state index is 12.2. The van der Waals surface area contributed by atoms with Crippen LogP contribution in [0.1, 0.15) is 18.1 Å². The molecule has 0 spiro atoms. The second kappa shape index (κ2) is 8.11. The number of hydrogen-bond donors (Lipinski definition) is 1. The average molecular weight is 332 g/mol. The van der Waals surface area contributed by atoms with Crippen LogP contribution in [-0.4, -0.2) is 18.7 Å². The van der Waals surface area contributed by atoms with Crippen molar-refractivity contribution in [1.82, 2.24) is 5.43 Å². The molecule has 4 heteroatoms. The van der Waals surface area contributed by atoms with Crippen LogP contribution in [0.4, 0.5) is 0 Å². The molecule has 0 saturated carbocycles. The molecule has 126 valence electrons. The Labute approximate surface area is 147 Å². The normalized spacial score (nSPS) is 10.9. The van der Waals surface area contributed by atoms with Crippen LogP contribution in [0.25, 0.3) is 10.8 Å². The highest BCUT2D eigenvalue weighted by Gasteiger charge is 2.05. The quantitative estimate of drug-likeness (QED) is 0.549. The topological polar surface area (TPSA) is 50.7 Å². The van der Waals surface area contributed by atoms with Gasteiger partial charge in [0.2, 0.25) is 5.91 Å². The molecule has 0 aliphatic rings. The van der Waals surface area contributed by atoms with Crippen molar-refractivity contribution in [1.29, 1.82) is 0 Å². The van der Waals surface area contributed by atoms with Gasteiger partial charge in [-0.3, -0.25) is 4.79 Å². The summed E-state index contributed by atoms with van der Waals surface area (Å²) in [7, 11) is 0. The predicted molar refractivity (Wildman–Crippen MR) is 101 cm³/mol. The lowest BCUT2D eigenvalue weighted by Gasteiger charge is -2.05. The molecule has 0 aliphatic heterocycles. The largest absolute Gasteiger partial charge is 0.494 e. The zero-order valence-corrected chi connectivity index (χ0v) is 14.1. The SMILES string of the molecule is CCOc1cccc(/C=N\NC(=O)Cc2cccc3ccccc23)c1. The van der Waals surface area contributed by atoms with Gasteiger partial charge in [-0.15, -0.1) is 0 Å². The van der Waals surface area contributed by atoms with E-state index < -0.39 is 0 Å². The number of benzene rings is 3. The van der Waals surface area contributed by atoms with E-state index in [1.165, 1.54) is 0 Å². The van der Waals surface area contributed by atoms with Crippen LogP contribution in [0.15, 0.2) is 71.8 Å².